The molecule has 0 aromatic heterocycles. The number of carbonyl (C=O) groups is 1. The third kappa shape index (κ3) is 4.22. The van der Waals surface area contributed by atoms with E-state index in [1.807, 2.05) is 12.1 Å². The fraction of sp³-hybridized carbons (Fsp3) is 0.417. The summed E-state index contributed by atoms with van der Waals surface area (Å²) in [4.78, 5) is 10.7. The lowest BCUT2D eigenvalue weighted by molar-refractivity contribution is 0.112. The zero-order valence-corrected chi connectivity index (χ0v) is 11.6. The van der Waals surface area contributed by atoms with Gasteiger partial charge in [-0.25, -0.2) is 0 Å². The third-order valence-electron chi connectivity index (χ3n) is 2.15. The zero-order chi connectivity index (χ0) is 12.7. The average molecular weight is 274 g/mol. The SMILES string of the molecule is COC.O=Cc1cc(N2CCCS2)ccc1Cl. The second kappa shape index (κ2) is 7.58. The van der Waals surface area contributed by atoms with E-state index in [-0.39, 0.29) is 0 Å². The Balaban J connectivity index is 0.000000437. The van der Waals surface area contributed by atoms with Crippen LogP contribution >= 0.6 is 23.5 Å². The molecule has 0 bridgehead atoms. The summed E-state index contributed by atoms with van der Waals surface area (Å²) in [7, 11) is 3.25. The minimum Gasteiger partial charge on any atom is -0.388 e. The quantitative estimate of drug-likeness (QED) is 0.611. The van der Waals surface area contributed by atoms with E-state index in [9.17, 15) is 4.79 Å². The summed E-state index contributed by atoms with van der Waals surface area (Å²) < 4.78 is 6.45. The van der Waals surface area contributed by atoms with Crippen molar-refractivity contribution in [3.63, 3.8) is 0 Å². The van der Waals surface area contributed by atoms with Gasteiger partial charge in [-0.05, 0) is 36.6 Å². The highest BCUT2D eigenvalue weighted by molar-refractivity contribution is 8.00. The van der Waals surface area contributed by atoms with E-state index in [1.54, 1.807) is 32.2 Å². The van der Waals surface area contributed by atoms with Crippen LogP contribution in [0, 0.1) is 0 Å². The molecule has 0 N–H and O–H groups in total. The van der Waals surface area contributed by atoms with Gasteiger partial charge >= 0.3 is 0 Å². The Bertz CT molecular complexity index is 368. The van der Waals surface area contributed by atoms with E-state index in [0.717, 1.165) is 24.3 Å². The highest BCUT2D eigenvalue weighted by atomic mass is 35.5. The Labute approximate surface area is 111 Å². The van der Waals surface area contributed by atoms with Crippen LogP contribution in [0.15, 0.2) is 18.2 Å². The van der Waals surface area contributed by atoms with Crippen LogP contribution in [-0.2, 0) is 4.74 Å². The molecule has 0 aliphatic carbocycles. The highest BCUT2D eigenvalue weighted by Gasteiger charge is 2.14. The molecule has 1 aliphatic heterocycles. The first-order chi connectivity index (χ1) is 8.22. The van der Waals surface area contributed by atoms with Crippen molar-refractivity contribution in [3.05, 3.63) is 28.8 Å². The lowest BCUT2D eigenvalue weighted by Crippen LogP contribution is -2.08. The van der Waals surface area contributed by atoms with Crippen molar-refractivity contribution in [2.24, 2.45) is 0 Å². The van der Waals surface area contributed by atoms with Crippen LogP contribution in [-0.4, -0.2) is 32.8 Å². The molecule has 1 heterocycles. The van der Waals surface area contributed by atoms with Gasteiger partial charge < -0.3 is 9.04 Å². The molecule has 0 unspecified atom stereocenters. The number of halogens is 1. The van der Waals surface area contributed by atoms with Crippen LogP contribution < -0.4 is 4.31 Å². The largest absolute Gasteiger partial charge is 0.388 e. The van der Waals surface area contributed by atoms with E-state index in [4.69, 9.17) is 11.6 Å². The van der Waals surface area contributed by atoms with Gasteiger partial charge in [0.05, 0.1) is 5.02 Å². The lowest BCUT2D eigenvalue weighted by atomic mass is 10.2. The van der Waals surface area contributed by atoms with Crippen LogP contribution in [0.1, 0.15) is 16.8 Å². The molecule has 3 nitrogen and oxygen atoms in total. The monoisotopic (exact) mass is 273 g/mol. The molecule has 2 rings (SSSR count). The van der Waals surface area contributed by atoms with Gasteiger partial charge in [0.15, 0.2) is 6.29 Å². The minimum absolute atomic E-state index is 0.521. The number of ether oxygens (including phenoxy) is 1. The van der Waals surface area contributed by atoms with Crippen molar-refractivity contribution in [1.82, 2.24) is 0 Å². The smallest absolute Gasteiger partial charge is 0.151 e. The fourth-order valence-electron chi connectivity index (χ4n) is 1.43. The highest BCUT2D eigenvalue weighted by Crippen LogP contribution is 2.30. The number of hydrogen-bond acceptors (Lipinski definition) is 4. The van der Waals surface area contributed by atoms with Crippen LogP contribution in [0.3, 0.4) is 0 Å². The van der Waals surface area contributed by atoms with Gasteiger partial charge in [-0.2, -0.15) is 0 Å². The third-order valence-corrected chi connectivity index (χ3v) is 3.67. The molecule has 1 saturated heterocycles. The Morgan fingerprint density at radius 1 is 1.47 bits per heavy atom. The predicted molar refractivity (Wildman–Crippen MR) is 74.2 cm³/mol. The Morgan fingerprint density at radius 2 is 2.18 bits per heavy atom. The number of aldehydes is 1. The first-order valence-corrected chi connectivity index (χ1v) is 6.60. The summed E-state index contributed by atoms with van der Waals surface area (Å²) >= 11 is 7.64. The molecule has 0 spiro atoms. The standard InChI is InChI=1S/C10H10ClNOS.C2H6O/c11-10-3-2-9(6-8(10)7-13)12-4-1-5-14-12;1-3-2/h2-3,6-7H,1,4-5H2;1-2H3. The number of hydrogen-bond donors (Lipinski definition) is 0. The number of methoxy groups -OCH3 is 1. The average Bonchev–Trinajstić information content (AvgIpc) is 2.84. The van der Waals surface area contributed by atoms with Crippen molar-refractivity contribution >= 4 is 35.5 Å². The zero-order valence-electron chi connectivity index (χ0n) is 9.98. The van der Waals surface area contributed by atoms with Crippen molar-refractivity contribution in [2.75, 3.05) is 30.8 Å². The fourth-order valence-corrected chi connectivity index (χ4v) is 2.59. The topological polar surface area (TPSA) is 29.5 Å². The van der Waals surface area contributed by atoms with Gasteiger partial charge in [0, 0.05) is 37.8 Å². The molecule has 0 saturated carbocycles. The molecule has 1 aliphatic rings. The van der Waals surface area contributed by atoms with Crippen molar-refractivity contribution in [2.45, 2.75) is 6.42 Å². The molecule has 1 fully saturated rings. The maximum absolute atomic E-state index is 10.7. The second-order valence-corrected chi connectivity index (χ2v) is 5.04. The number of anilines is 1. The van der Waals surface area contributed by atoms with Crippen LogP contribution in [0.5, 0.6) is 0 Å². The molecule has 1 aromatic rings. The number of benzene rings is 1. The molecule has 1 aromatic carbocycles. The summed E-state index contributed by atoms with van der Waals surface area (Å²) in [6.45, 7) is 1.05. The van der Waals surface area contributed by atoms with Gasteiger partial charge in [-0.3, -0.25) is 4.79 Å². The van der Waals surface area contributed by atoms with E-state index >= 15 is 0 Å². The summed E-state index contributed by atoms with van der Waals surface area (Å²) in [5, 5.41) is 0.521. The van der Waals surface area contributed by atoms with Gasteiger partial charge in [-0.15, -0.1) is 0 Å². The van der Waals surface area contributed by atoms with Crippen LogP contribution in [0.4, 0.5) is 5.69 Å². The summed E-state index contributed by atoms with van der Waals surface area (Å²) in [5.74, 6) is 1.15. The van der Waals surface area contributed by atoms with E-state index in [1.165, 1.54) is 6.42 Å². The maximum Gasteiger partial charge on any atom is 0.151 e. The van der Waals surface area contributed by atoms with Crippen LogP contribution in [0.2, 0.25) is 5.02 Å². The molecule has 0 amide bonds. The number of rotatable bonds is 2. The Kier molecular flexibility index (Phi) is 6.40. The first-order valence-electron chi connectivity index (χ1n) is 5.28. The molecule has 94 valence electrons. The first kappa shape index (κ1) is 14.4. The molecule has 17 heavy (non-hydrogen) atoms. The van der Waals surface area contributed by atoms with Gasteiger partial charge in [-0.1, -0.05) is 11.6 Å². The van der Waals surface area contributed by atoms with Crippen molar-refractivity contribution in [1.29, 1.82) is 0 Å². The normalized spacial score (nSPS) is 14.2. The molecule has 5 heteroatoms. The lowest BCUT2D eigenvalue weighted by Gasteiger charge is -2.16. The predicted octanol–water partition coefficient (Wildman–Crippen LogP) is 3.27. The summed E-state index contributed by atoms with van der Waals surface area (Å²) in [6, 6.07) is 5.57. The Morgan fingerprint density at radius 3 is 2.71 bits per heavy atom. The maximum atomic E-state index is 10.7. The molecular weight excluding hydrogens is 258 g/mol. The van der Waals surface area contributed by atoms with E-state index in [0.29, 0.717) is 10.6 Å². The van der Waals surface area contributed by atoms with Gasteiger partial charge in [0.25, 0.3) is 0 Å². The van der Waals surface area contributed by atoms with Gasteiger partial charge in [0.1, 0.15) is 0 Å². The number of nitrogens with zero attached hydrogens (tertiary/aromatic N) is 1. The van der Waals surface area contributed by atoms with Crippen LogP contribution in [0.25, 0.3) is 0 Å². The van der Waals surface area contributed by atoms with Gasteiger partial charge in [0.2, 0.25) is 0 Å². The van der Waals surface area contributed by atoms with E-state index in [2.05, 4.69) is 9.04 Å². The van der Waals surface area contributed by atoms with E-state index < -0.39 is 0 Å². The second-order valence-electron chi connectivity index (χ2n) is 3.52. The summed E-state index contributed by atoms with van der Waals surface area (Å²) in [5.41, 5.74) is 1.63. The minimum atomic E-state index is 0.521. The molecule has 0 atom stereocenters. The van der Waals surface area contributed by atoms with Crippen molar-refractivity contribution < 1.29 is 9.53 Å². The molecule has 0 radical (unpaired) electrons. The number of carbonyl (C=O) groups excluding carboxylic acids is 1. The van der Waals surface area contributed by atoms with Crippen molar-refractivity contribution in [3.8, 4) is 0 Å². The molecular formula is C12H16ClNO2S. The Hall–Kier alpha value is -0.710. The summed E-state index contributed by atoms with van der Waals surface area (Å²) in [6.07, 6.45) is 2.00.